The van der Waals surface area contributed by atoms with Gasteiger partial charge in [-0.25, -0.2) is 9.07 Å². The summed E-state index contributed by atoms with van der Waals surface area (Å²) in [6.45, 7) is 0.249. The summed E-state index contributed by atoms with van der Waals surface area (Å²) in [5.74, 6) is -0.297. The summed E-state index contributed by atoms with van der Waals surface area (Å²) in [4.78, 5) is 0. The second kappa shape index (κ2) is 6.95. The number of rotatable bonds is 4. The van der Waals surface area contributed by atoms with Crippen LogP contribution in [0, 0.1) is 17.1 Å². The summed E-state index contributed by atoms with van der Waals surface area (Å²) >= 11 is 3.48. The van der Waals surface area contributed by atoms with Crippen LogP contribution in [0.3, 0.4) is 0 Å². The van der Waals surface area contributed by atoms with E-state index in [0.29, 0.717) is 11.3 Å². The maximum atomic E-state index is 13.2. The van der Waals surface area contributed by atoms with E-state index in [-0.39, 0.29) is 12.5 Å². The summed E-state index contributed by atoms with van der Waals surface area (Å²) in [5.41, 5.74) is 3.50. The van der Waals surface area contributed by atoms with E-state index in [1.807, 2.05) is 12.1 Å². The molecule has 0 radical (unpaired) electrons. The Kier molecular flexibility index (Phi) is 4.74. The fraction of sp³-hybridized carbons (Fsp3) is 0.111. The van der Waals surface area contributed by atoms with Gasteiger partial charge in [0.05, 0.1) is 23.0 Å². The molecule has 1 heterocycles. The van der Waals surface area contributed by atoms with Gasteiger partial charge in [-0.1, -0.05) is 22.0 Å². The highest BCUT2D eigenvalue weighted by Crippen LogP contribution is 2.33. The predicted octanol–water partition coefficient (Wildman–Crippen LogP) is 4.59. The molecule has 1 aromatic heterocycles. The molecule has 0 aliphatic rings. The molecule has 120 valence electrons. The molecule has 24 heavy (non-hydrogen) atoms. The van der Waals surface area contributed by atoms with Crippen molar-refractivity contribution >= 4 is 15.9 Å². The molecule has 4 nitrogen and oxygen atoms in total. The van der Waals surface area contributed by atoms with Crippen LogP contribution >= 0.6 is 15.9 Å². The Bertz CT molecular complexity index is 913. The monoisotopic (exact) mass is 385 g/mol. The zero-order valence-electron chi connectivity index (χ0n) is 12.8. The van der Waals surface area contributed by atoms with E-state index in [0.717, 1.165) is 21.3 Å². The summed E-state index contributed by atoms with van der Waals surface area (Å²) in [5, 5.41) is 13.9. The number of nitriles is 1. The number of ether oxygens (including phenoxy) is 1. The Morgan fingerprint density at radius 1 is 1.25 bits per heavy atom. The first-order chi connectivity index (χ1) is 11.6. The van der Waals surface area contributed by atoms with Crippen LogP contribution in [0.2, 0.25) is 0 Å². The van der Waals surface area contributed by atoms with Gasteiger partial charge in [0.2, 0.25) is 0 Å². The van der Waals surface area contributed by atoms with Gasteiger partial charge in [-0.05, 0) is 42.5 Å². The normalized spacial score (nSPS) is 10.6. The highest BCUT2D eigenvalue weighted by Gasteiger charge is 2.16. The third-order valence-corrected chi connectivity index (χ3v) is 4.22. The fourth-order valence-corrected chi connectivity index (χ4v) is 3.06. The lowest BCUT2D eigenvalue weighted by Crippen LogP contribution is -2.04. The molecular formula is C18H13BrFN3O. The summed E-state index contributed by atoms with van der Waals surface area (Å²) < 4.78 is 20.9. The van der Waals surface area contributed by atoms with E-state index in [1.165, 1.54) is 12.1 Å². The molecule has 0 unspecified atom stereocenters. The van der Waals surface area contributed by atoms with Crippen molar-refractivity contribution in [3.63, 3.8) is 0 Å². The molecule has 3 aromatic rings. The van der Waals surface area contributed by atoms with Crippen molar-refractivity contribution in [2.24, 2.45) is 0 Å². The Morgan fingerprint density at radius 3 is 2.67 bits per heavy atom. The van der Waals surface area contributed by atoms with Crippen molar-refractivity contribution in [1.82, 2.24) is 9.78 Å². The first-order valence-corrected chi connectivity index (χ1v) is 7.95. The van der Waals surface area contributed by atoms with Crippen molar-refractivity contribution in [2.75, 3.05) is 7.11 Å². The van der Waals surface area contributed by atoms with Crippen LogP contribution in [0.1, 0.15) is 5.56 Å². The van der Waals surface area contributed by atoms with Gasteiger partial charge in [-0.15, -0.1) is 0 Å². The average Bonchev–Trinajstić information content (AvgIpc) is 2.99. The quantitative estimate of drug-likeness (QED) is 0.659. The molecule has 6 heteroatoms. The fourth-order valence-electron chi connectivity index (χ4n) is 2.49. The molecule has 0 atom stereocenters. The van der Waals surface area contributed by atoms with Gasteiger partial charge >= 0.3 is 0 Å². The number of nitrogens with zero attached hydrogens (tertiary/aromatic N) is 3. The highest BCUT2D eigenvalue weighted by molar-refractivity contribution is 9.10. The lowest BCUT2D eigenvalue weighted by Gasteiger charge is -2.06. The van der Waals surface area contributed by atoms with Crippen molar-refractivity contribution in [1.29, 1.82) is 5.26 Å². The minimum absolute atomic E-state index is 0.249. The third kappa shape index (κ3) is 3.09. The zero-order valence-corrected chi connectivity index (χ0v) is 14.4. The number of methoxy groups -OCH3 is 1. The van der Waals surface area contributed by atoms with E-state index >= 15 is 0 Å². The summed E-state index contributed by atoms with van der Waals surface area (Å²) in [6, 6.07) is 15.6. The molecule has 3 rings (SSSR count). The van der Waals surface area contributed by atoms with Crippen LogP contribution in [0.25, 0.3) is 22.5 Å². The molecule has 0 spiro atoms. The smallest absolute Gasteiger partial charge is 0.139 e. The van der Waals surface area contributed by atoms with Gasteiger partial charge in [-0.3, -0.25) is 0 Å². The van der Waals surface area contributed by atoms with E-state index in [4.69, 9.17) is 4.74 Å². The molecule has 0 aliphatic carbocycles. The Morgan fingerprint density at radius 2 is 2.00 bits per heavy atom. The maximum absolute atomic E-state index is 13.2. The standard InChI is InChI=1S/C18H13BrFN3O/c1-24-11-23-17(12-5-7-14(20)8-6-12)9-16(22-23)18-13(10-21)3-2-4-15(18)19/h2-9H,11H2,1H3. The first kappa shape index (κ1) is 16.4. The van der Waals surface area contributed by atoms with Gasteiger partial charge in [0.15, 0.2) is 0 Å². The molecule has 0 saturated carbocycles. The van der Waals surface area contributed by atoms with Crippen LogP contribution in [0.4, 0.5) is 4.39 Å². The second-order valence-electron chi connectivity index (χ2n) is 5.11. The van der Waals surface area contributed by atoms with Gasteiger partial charge in [0, 0.05) is 22.7 Å². The van der Waals surface area contributed by atoms with Gasteiger partial charge in [0.1, 0.15) is 12.5 Å². The van der Waals surface area contributed by atoms with E-state index in [1.54, 1.807) is 36.1 Å². The van der Waals surface area contributed by atoms with Crippen molar-refractivity contribution in [2.45, 2.75) is 6.73 Å². The van der Waals surface area contributed by atoms with Gasteiger partial charge in [-0.2, -0.15) is 10.4 Å². The van der Waals surface area contributed by atoms with E-state index in [2.05, 4.69) is 27.1 Å². The Labute approximate surface area is 147 Å². The van der Waals surface area contributed by atoms with E-state index < -0.39 is 0 Å². The van der Waals surface area contributed by atoms with Crippen LogP contribution in [0.15, 0.2) is 53.0 Å². The summed E-state index contributed by atoms with van der Waals surface area (Å²) in [6.07, 6.45) is 0. The minimum Gasteiger partial charge on any atom is -0.362 e. The minimum atomic E-state index is -0.297. The van der Waals surface area contributed by atoms with Crippen molar-refractivity contribution in [3.8, 4) is 28.6 Å². The van der Waals surface area contributed by atoms with Crippen molar-refractivity contribution in [3.05, 3.63) is 64.4 Å². The molecule has 0 bridgehead atoms. The Balaban J connectivity index is 2.17. The molecule has 0 N–H and O–H groups in total. The zero-order chi connectivity index (χ0) is 17.1. The molecular weight excluding hydrogens is 373 g/mol. The largest absolute Gasteiger partial charge is 0.362 e. The number of benzene rings is 2. The van der Waals surface area contributed by atoms with E-state index in [9.17, 15) is 9.65 Å². The molecule has 0 aliphatic heterocycles. The second-order valence-corrected chi connectivity index (χ2v) is 5.97. The molecule has 0 fully saturated rings. The molecule has 0 amide bonds. The third-order valence-electron chi connectivity index (χ3n) is 3.56. The Hall–Kier alpha value is -2.49. The lowest BCUT2D eigenvalue weighted by atomic mass is 10.0. The van der Waals surface area contributed by atoms with Crippen LogP contribution in [0.5, 0.6) is 0 Å². The molecule has 0 saturated heterocycles. The number of aromatic nitrogens is 2. The molecule has 2 aromatic carbocycles. The van der Waals surface area contributed by atoms with Crippen LogP contribution in [-0.4, -0.2) is 16.9 Å². The SMILES string of the molecule is COCn1nc(-c2c(Br)cccc2C#N)cc1-c1ccc(F)cc1. The van der Waals surface area contributed by atoms with Crippen LogP contribution in [-0.2, 0) is 11.5 Å². The summed E-state index contributed by atoms with van der Waals surface area (Å²) in [7, 11) is 1.58. The van der Waals surface area contributed by atoms with Gasteiger partial charge in [0.25, 0.3) is 0 Å². The van der Waals surface area contributed by atoms with Crippen molar-refractivity contribution < 1.29 is 9.13 Å². The van der Waals surface area contributed by atoms with Crippen LogP contribution < -0.4 is 0 Å². The number of hydrogen-bond donors (Lipinski definition) is 0. The topological polar surface area (TPSA) is 50.8 Å². The number of halogens is 2. The number of hydrogen-bond acceptors (Lipinski definition) is 3. The maximum Gasteiger partial charge on any atom is 0.139 e. The lowest BCUT2D eigenvalue weighted by molar-refractivity contribution is 0.122. The predicted molar refractivity (Wildman–Crippen MR) is 92.5 cm³/mol. The van der Waals surface area contributed by atoms with Gasteiger partial charge < -0.3 is 4.74 Å². The average molecular weight is 386 g/mol. The highest BCUT2D eigenvalue weighted by atomic mass is 79.9. The first-order valence-electron chi connectivity index (χ1n) is 7.15.